The third-order valence-electron chi connectivity index (χ3n) is 3.95. The maximum absolute atomic E-state index is 4.46. The third kappa shape index (κ3) is 1.84. The molecule has 5 nitrogen and oxygen atoms in total. The summed E-state index contributed by atoms with van der Waals surface area (Å²) in [5.41, 5.74) is 0.906. The lowest BCUT2D eigenvalue weighted by Gasteiger charge is -2.37. The molecule has 0 saturated carbocycles. The molecule has 0 radical (unpaired) electrons. The van der Waals surface area contributed by atoms with Gasteiger partial charge in [0.2, 0.25) is 0 Å². The Morgan fingerprint density at radius 3 is 3.11 bits per heavy atom. The van der Waals surface area contributed by atoms with Gasteiger partial charge in [0.25, 0.3) is 0 Å². The standard InChI is InChI=1S/C13H19N5/c1-9-3-5-14-7-11(9)18(2)13-10-4-6-15-12(10)16-8-17-13/h4,6,8-9,11,14H,3,5,7H2,1-2H3,(H,15,16,17)/t9?,11-/m1/s1. The van der Waals surface area contributed by atoms with Crippen LogP contribution in [0.15, 0.2) is 18.6 Å². The van der Waals surface area contributed by atoms with Crippen LogP contribution in [0.3, 0.4) is 0 Å². The minimum atomic E-state index is 0.492. The number of likely N-dealkylation sites (N-methyl/N-ethyl adjacent to an activating group) is 1. The number of aromatic nitrogens is 3. The predicted octanol–water partition coefficient (Wildman–Crippen LogP) is 1.39. The Kier molecular flexibility index (Phi) is 2.91. The van der Waals surface area contributed by atoms with E-state index < -0.39 is 0 Å². The van der Waals surface area contributed by atoms with Gasteiger partial charge in [0.1, 0.15) is 17.8 Å². The van der Waals surface area contributed by atoms with Crippen LogP contribution in [0.5, 0.6) is 0 Å². The number of nitrogens with zero attached hydrogens (tertiary/aromatic N) is 3. The van der Waals surface area contributed by atoms with Crippen molar-refractivity contribution in [3.05, 3.63) is 18.6 Å². The highest BCUT2D eigenvalue weighted by molar-refractivity contribution is 5.87. The quantitative estimate of drug-likeness (QED) is 0.839. The van der Waals surface area contributed by atoms with Crippen molar-refractivity contribution in [2.24, 2.45) is 5.92 Å². The molecule has 1 fully saturated rings. The predicted molar refractivity (Wildman–Crippen MR) is 72.7 cm³/mol. The van der Waals surface area contributed by atoms with Crippen molar-refractivity contribution in [1.29, 1.82) is 0 Å². The second kappa shape index (κ2) is 4.57. The molecule has 0 amide bonds. The van der Waals surface area contributed by atoms with Gasteiger partial charge in [0.15, 0.2) is 0 Å². The van der Waals surface area contributed by atoms with E-state index in [1.807, 2.05) is 12.3 Å². The number of H-pyrrole nitrogens is 1. The highest BCUT2D eigenvalue weighted by atomic mass is 15.2. The van der Waals surface area contributed by atoms with Gasteiger partial charge in [-0.2, -0.15) is 0 Å². The molecule has 0 aromatic carbocycles. The van der Waals surface area contributed by atoms with Crippen LogP contribution in [0.2, 0.25) is 0 Å². The number of hydrogen-bond acceptors (Lipinski definition) is 4. The zero-order valence-electron chi connectivity index (χ0n) is 10.8. The van der Waals surface area contributed by atoms with Gasteiger partial charge in [-0.15, -0.1) is 0 Å². The van der Waals surface area contributed by atoms with Crippen LogP contribution in [-0.4, -0.2) is 41.1 Å². The molecule has 0 bridgehead atoms. The first-order valence-electron chi connectivity index (χ1n) is 6.49. The molecule has 2 atom stereocenters. The first kappa shape index (κ1) is 11.5. The summed E-state index contributed by atoms with van der Waals surface area (Å²) in [4.78, 5) is 14.1. The molecular weight excluding hydrogens is 226 g/mol. The summed E-state index contributed by atoms with van der Waals surface area (Å²) >= 11 is 0. The molecule has 1 aliphatic heterocycles. The maximum Gasteiger partial charge on any atom is 0.142 e. The van der Waals surface area contributed by atoms with E-state index in [2.05, 4.69) is 39.1 Å². The van der Waals surface area contributed by atoms with Crippen molar-refractivity contribution < 1.29 is 0 Å². The fourth-order valence-corrected chi connectivity index (χ4v) is 2.79. The summed E-state index contributed by atoms with van der Waals surface area (Å²) in [7, 11) is 2.13. The largest absolute Gasteiger partial charge is 0.354 e. The summed E-state index contributed by atoms with van der Waals surface area (Å²) in [5.74, 6) is 1.70. The van der Waals surface area contributed by atoms with Gasteiger partial charge in [0, 0.05) is 25.8 Å². The van der Waals surface area contributed by atoms with Crippen LogP contribution < -0.4 is 10.2 Å². The maximum atomic E-state index is 4.46. The third-order valence-corrected chi connectivity index (χ3v) is 3.95. The summed E-state index contributed by atoms with van der Waals surface area (Å²) in [6, 6.07) is 2.54. The average Bonchev–Trinajstić information content (AvgIpc) is 2.86. The van der Waals surface area contributed by atoms with Crippen molar-refractivity contribution >= 4 is 16.9 Å². The van der Waals surface area contributed by atoms with Crippen molar-refractivity contribution in [3.8, 4) is 0 Å². The summed E-state index contributed by atoms with van der Waals surface area (Å²) < 4.78 is 0. The summed E-state index contributed by atoms with van der Waals surface area (Å²) in [6.07, 6.45) is 4.77. The van der Waals surface area contributed by atoms with E-state index in [0.717, 1.165) is 29.9 Å². The molecule has 3 heterocycles. The lowest BCUT2D eigenvalue weighted by molar-refractivity contribution is 0.338. The number of anilines is 1. The summed E-state index contributed by atoms with van der Waals surface area (Å²) in [5, 5.41) is 4.56. The molecule has 96 valence electrons. The number of rotatable bonds is 2. The zero-order chi connectivity index (χ0) is 12.5. The number of fused-ring (bicyclic) bond motifs is 1. The second-order valence-corrected chi connectivity index (χ2v) is 5.09. The summed E-state index contributed by atoms with van der Waals surface area (Å²) in [6.45, 7) is 4.46. The molecule has 1 saturated heterocycles. The van der Waals surface area contributed by atoms with Gasteiger partial charge >= 0.3 is 0 Å². The number of nitrogens with one attached hydrogen (secondary N) is 2. The van der Waals surface area contributed by atoms with Crippen LogP contribution in [0.25, 0.3) is 11.0 Å². The van der Waals surface area contributed by atoms with Gasteiger partial charge in [0.05, 0.1) is 5.39 Å². The zero-order valence-corrected chi connectivity index (χ0v) is 10.8. The number of aromatic amines is 1. The van der Waals surface area contributed by atoms with E-state index in [4.69, 9.17) is 0 Å². The van der Waals surface area contributed by atoms with Crippen LogP contribution in [0.1, 0.15) is 13.3 Å². The number of piperidine rings is 1. The Balaban J connectivity index is 1.95. The lowest BCUT2D eigenvalue weighted by atomic mass is 9.93. The first-order chi connectivity index (χ1) is 8.77. The topological polar surface area (TPSA) is 56.8 Å². The Labute approximate surface area is 107 Å². The molecular formula is C13H19N5. The van der Waals surface area contributed by atoms with Crippen molar-refractivity contribution in [2.45, 2.75) is 19.4 Å². The van der Waals surface area contributed by atoms with Crippen molar-refractivity contribution in [1.82, 2.24) is 20.3 Å². The molecule has 18 heavy (non-hydrogen) atoms. The van der Waals surface area contributed by atoms with Crippen LogP contribution >= 0.6 is 0 Å². The van der Waals surface area contributed by atoms with Gasteiger partial charge in [-0.1, -0.05) is 6.92 Å². The van der Waals surface area contributed by atoms with Gasteiger partial charge < -0.3 is 15.2 Å². The average molecular weight is 245 g/mol. The Morgan fingerprint density at radius 2 is 2.28 bits per heavy atom. The molecule has 1 aliphatic rings. The minimum Gasteiger partial charge on any atom is -0.354 e. The Hall–Kier alpha value is -1.62. The molecule has 5 heteroatoms. The van der Waals surface area contributed by atoms with Gasteiger partial charge in [-0.3, -0.25) is 0 Å². The molecule has 1 unspecified atom stereocenters. The van der Waals surface area contributed by atoms with E-state index in [-0.39, 0.29) is 0 Å². The van der Waals surface area contributed by atoms with E-state index in [0.29, 0.717) is 12.0 Å². The second-order valence-electron chi connectivity index (χ2n) is 5.09. The van der Waals surface area contributed by atoms with Crippen molar-refractivity contribution in [3.63, 3.8) is 0 Å². The normalized spacial score (nSPS) is 24.3. The Morgan fingerprint density at radius 1 is 1.39 bits per heavy atom. The van der Waals surface area contributed by atoms with E-state index in [1.54, 1.807) is 6.33 Å². The fourth-order valence-electron chi connectivity index (χ4n) is 2.79. The van der Waals surface area contributed by atoms with E-state index >= 15 is 0 Å². The van der Waals surface area contributed by atoms with E-state index in [1.165, 1.54) is 6.42 Å². The molecule has 2 aromatic rings. The molecule has 3 rings (SSSR count). The fraction of sp³-hybridized carbons (Fsp3) is 0.538. The molecule has 0 spiro atoms. The lowest BCUT2D eigenvalue weighted by Crippen LogP contribution is -2.49. The highest BCUT2D eigenvalue weighted by Crippen LogP contribution is 2.26. The SMILES string of the molecule is CC1CCNC[C@H]1N(C)c1ncnc2[nH]ccc12. The molecule has 2 N–H and O–H groups in total. The monoisotopic (exact) mass is 245 g/mol. The highest BCUT2D eigenvalue weighted by Gasteiger charge is 2.26. The molecule has 2 aromatic heterocycles. The van der Waals surface area contributed by atoms with Crippen LogP contribution in [0.4, 0.5) is 5.82 Å². The van der Waals surface area contributed by atoms with Crippen molar-refractivity contribution in [2.75, 3.05) is 25.0 Å². The van der Waals surface area contributed by atoms with Crippen LogP contribution in [0, 0.1) is 5.92 Å². The number of hydrogen-bond donors (Lipinski definition) is 2. The molecule has 0 aliphatic carbocycles. The van der Waals surface area contributed by atoms with Gasteiger partial charge in [-0.25, -0.2) is 9.97 Å². The van der Waals surface area contributed by atoms with E-state index in [9.17, 15) is 0 Å². The minimum absolute atomic E-state index is 0.492. The van der Waals surface area contributed by atoms with Crippen LogP contribution in [-0.2, 0) is 0 Å². The Bertz CT molecular complexity index is 535. The first-order valence-corrected chi connectivity index (χ1v) is 6.49. The van der Waals surface area contributed by atoms with Gasteiger partial charge in [-0.05, 0) is 24.9 Å². The smallest absolute Gasteiger partial charge is 0.142 e.